The molecular weight excluding hydrogens is 408 g/mol. The lowest BCUT2D eigenvalue weighted by Crippen LogP contribution is -2.50. The summed E-state index contributed by atoms with van der Waals surface area (Å²) in [5.41, 5.74) is -0.535. The smallest absolute Gasteiger partial charge is 0.306 e. The molecule has 2 atom stereocenters. The molecular formula is C25H40N2O5. The molecule has 7 heteroatoms. The normalized spacial score (nSPS) is 27.7. The van der Waals surface area contributed by atoms with E-state index in [1.807, 2.05) is 12.2 Å². The van der Waals surface area contributed by atoms with Crippen molar-refractivity contribution in [2.24, 2.45) is 11.8 Å². The summed E-state index contributed by atoms with van der Waals surface area (Å²) in [4.78, 5) is 38.0. The Morgan fingerprint density at radius 1 is 1.12 bits per heavy atom. The fraction of sp³-hybridized carbons (Fsp3) is 0.800. The van der Waals surface area contributed by atoms with Crippen LogP contribution in [0.25, 0.3) is 0 Å². The molecule has 2 saturated carbocycles. The van der Waals surface area contributed by atoms with E-state index in [9.17, 15) is 19.5 Å². The Morgan fingerprint density at radius 2 is 1.88 bits per heavy atom. The number of nitrogens with one attached hydrogen (secondary N) is 2. The Labute approximate surface area is 191 Å². The summed E-state index contributed by atoms with van der Waals surface area (Å²) in [5, 5.41) is 15.9. The third kappa shape index (κ3) is 7.61. The number of carbonyl (C=O) groups excluding carboxylic acids is 3. The predicted octanol–water partition coefficient (Wildman–Crippen LogP) is 3.15. The molecule has 0 aromatic carbocycles. The van der Waals surface area contributed by atoms with Gasteiger partial charge in [-0.15, -0.1) is 0 Å². The average Bonchev–Trinajstić information content (AvgIpc) is 3.25. The van der Waals surface area contributed by atoms with Crippen LogP contribution in [0.4, 0.5) is 0 Å². The van der Waals surface area contributed by atoms with Crippen molar-refractivity contribution in [2.75, 3.05) is 13.2 Å². The molecule has 0 spiro atoms. The van der Waals surface area contributed by atoms with E-state index in [1.165, 1.54) is 19.3 Å². The molecule has 2 unspecified atom stereocenters. The molecule has 2 aliphatic carbocycles. The zero-order valence-corrected chi connectivity index (χ0v) is 19.3. The minimum atomic E-state index is -0.535. The maximum Gasteiger partial charge on any atom is 0.306 e. The quantitative estimate of drug-likeness (QED) is 0.428. The van der Waals surface area contributed by atoms with Crippen molar-refractivity contribution in [3.05, 3.63) is 12.2 Å². The van der Waals surface area contributed by atoms with Crippen LogP contribution in [-0.2, 0) is 19.1 Å². The van der Waals surface area contributed by atoms with Crippen molar-refractivity contribution in [3.63, 3.8) is 0 Å². The molecule has 0 aromatic rings. The molecule has 180 valence electrons. The molecule has 3 N–H and O–H groups in total. The summed E-state index contributed by atoms with van der Waals surface area (Å²) in [7, 11) is 0. The van der Waals surface area contributed by atoms with Gasteiger partial charge in [-0.2, -0.15) is 0 Å². The monoisotopic (exact) mass is 448 g/mol. The topological polar surface area (TPSA) is 105 Å². The second-order valence-corrected chi connectivity index (χ2v) is 9.97. The fourth-order valence-corrected chi connectivity index (χ4v) is 5.39. The first-order chi connectivity index (χ1) is 15.5. The molecule has 32 heavy (non-hydrogen) atoms. The fourth-order valence-electron chi connectivity index (χ4n) is 5.39. The van der Waals surface area contributed by atoms with Gasteiger partial charge in [0.2, 0.25) is 11.8 Å². The maximum absolute atomic E-state index is 13.2. The van der Waals surface area contributed by atoms with Crippen LogP contribution in [0.3, 0.4) is 0 Å². The van der Waals surface area contributed by atoms with E-state index < -0.39 is 11.5 Å². The standard InChI is InChI=1S/C25H40N2O5/c28-18-25(13-7-8-14-25)27-22(29)16-20-11-5-2-6-12-23(30)32-17-21(26-24(20)31)15-19-9-3-1-4-10-19/h2,5,19-21,28H,1,3-4,6-18H2,(H,26,31)(H,27,29). The van der Waals surface area contributed by atoms with Gasteiger partial charge >= 0.3 is 5.97 Å². The van der Waals surface area contributed by atoms with E-state index in [0.29, 0.717) is 25.2 Å². The van der Waals surface area contributed by atoms with Crippen LogP contribution >= 0.6 is 0 Å². The van der Waals surface area contributed by atoms with E-state index in [-0.39, 0.29) is 43.5 Å². The summed E-state index contributed by atoms with van der Waals surface area (Å²) in [6.45, 7) is 0.127. The highest BCUT2D eigenvalue weighted by atomic mass is 16.5. The second-order valence-electron chi connectivity index (χ2n) is 9.97. The van der Waals surface area contributed by atoms with Crippen molar-refractivity contribution in [1.82, 2.24) is 10.6 Å². The zero-order valence-electron chi connectivity index (χ0n) is 19.3. The van der Waals surface area contributed by atoms with Gasteiger partial charge in [-0.1, -0.05) is 57.1 Å². The largest absolute Gasteiger partial charge is 0.463 e. The van der Waals surface area contributed by atoms with Crippen LogP contribution < -0.4 is 10.6 Å². The Bertz CT molecular complexity index is 665. The molecule has 0 radical (unpaired) electrons. The van der Waals surface area contributed by atoms with Crippen LogP contribution in [0.2, 0.25) is 0 Å². The van der Waals surface area contributed by atoms with Gasteiger partial charge in [0.15, 0.2) is 0 Å². The highest BCUT2D eigenvalue weighted by Crippen LogP contribution is 2.30. The minimum absolute atomic E-state index is 0.0651. The van der Waals surface area contributed by atoms with Crippen molar-refractivity contribution >= 4 is 17.8 Å². The lowest BCUT2D eigenvalue weighted by atomic mass is 9.84. The summed E-state index contributed by atoms with van der Waals surface area (Å²) in [5.74, 6) is -0.523. The first-order valence-electron chi connectivity index (χ1n) is 12.5. The Morgan fingerprint density at radius 3 is 2.59 bits per heavy atom. The molecule has 2 amide bonds. The van der Waals surface area contributed by atoms with Crippen molar-refractivity contribution in [1.29, 1.82) is 0 Å². The molecule has 0 bridgehead atoms. The Kier molecular flexibility index (Phi) is 9.57. The number of aliphatic hydroxyl groups excluding tert-OH is 1. The number of esters is 1. The average molecular weight is 449 g/mol. The number of rotatable bonds is 6. The van der Waals surface area contributed by atoms with Crippen molar-refractivity contribution < 1.29 is 24.2 Å². The van der Waals surface area contributed by atoms with Gasteiger partial charge in [-0.3, -0.25) is 14.4 Å². The number of allylic oxidation sites excluding steroid dienone is 2. The Balaban J connectivity index is 1.64. The van der Waals surface area contributed by atoms with Crippen molar-refractivity contribution in [2.45, 2.75) is 101 Å². The van der Waals surface area contributed by atoms with E-state index >= 15 is 0 Å². The number of hydrogen-bond donors (Lipinski definition) is 3. The maximum atomic E-state index is 13.2. The predicted molar refractivity (Wildman–Crippen MR) is 122 cm³/mol. The summed E-state index contributed by atoms with van der Waals surface area (Å²) < 4.78 is 5.46. The van der Waals surface area contributed by atoms with Crippen LogP contribution in [-0.4, -0.2) is 47.7 Å². The number of ether oxygens (including phenoxy) is 1. The van der Waals surface area contributed by atoms with E-state index in [0.717, 1.165) is 44.9 Å². The summed E-state index contributed by atoms with van der Waals surface area (Å²) in [6, 6.07) is -0.220. The minimum Gasteiger partial charge on any atom is -0.463 e. The first-order valence-corrected chi connectivity index (χ1v) is 12.5. The number of aliphatic hydroxyl groups is 1. The highest BCUT2D eigenvalue weighted by molar-refractivity contribution is 5.86. The lowest BCUT2D eigenvalue weighted by Gasteiger charge is -2.30. The first kappa shape index (κ1) is 24.7. The molecule has 1 aliphatic heterocycles. The molecule has 0 aromatic heterocycles. The number of hydrogen-bond acceptors (Lipinski definition) is 5. The van der Waals surface area contributed by atoms with Gasteiger partial charge in [-0.05, 0) is 38.0 Å². The van der Waals surface area contributed by atoms with Gasteiger partial charge in [0.25, 0.3) is 0 Å². The number of cyclic esters (lactones) is 1. The van der Waals surface area contributed by atoms with Gasteiger partial charge < -0.3 is 20.5 Å². The van der Waals surface area contributed by atoms with Crippen molar-refractivity contribution in [3.8, 4) is 0 Å². The number of carbonyl (C=O) groups is 3. The molecule has 0 saturated heterocycles. The van der Waals surface area contributed by atoms with Gasteiger partial charge in [0, 0.05) is 12.8 Å². The molecule has 7 nitrogen and oxygen atoms in total. The molecule has 3 aliphatic rings. The van der Waals surface area contributed by atoms with Gasteiger partial charge in [0.1, 0.15) is 6.61 Å². The van der Waals surface area contributed by atoms with Gasteiger partial charge in [-0.25, -0.2) is 0 Å². The molecule has 2 fully saturated rings. The van der Waals surface area contributed by atoms with Crippen LogP contribution in [0.1, 0.15) is 89.9 Å². The zero-order chi connectivity index (χ0) is 22.8. The summed E-state index contributed by atoms with van der Waals surface area (Å²) in [6.07, 6.45) is 15.6. The van der Waals surface area contributed by atoms with Gasteiger partial charge in [0.05, 0.1) is 24.1 Å². The van der Waals surface area contributed by atoms with Crippen LogP contribution in [0.15, 0.2) is 12.2 Å². The Hall–Kier alpha value is -1.89. The lowest BCUT2D eigenvalue weighted by molar-refractivity contribution is -0.145. The molecule has 3 rings (SSSR count). The van der Waals surface area contributed by atoms with E-state index in [2.05, 4.69) is 10.6 Å². The summed E-state index contributed by atoms with van der Waals surface area (Å²) >= 11 is 0. The van der Waals surface area contributed by atoms with Crippen LogP contribution in [0.5, 0.6) is 0 Å². The van der Waals surface area contributed by atoms with Crippen LogP contribution in [0, 0.1) is 11.8 Å². The second kappa shape index (κ2) is 12.4. The van der Waals surface area contributed by atoms with E-state index in [4.69, 9.17) is 4.74 Å². The highest BCUT2D eigenvalue weighted by Gasteiger charge is 2.35. The molecule has 1 heterocycles. The SMILES string of the molecule is O=C(CC1CC=CCCC(=O)OCC(CC2CCCCC2)NC1=O)NC1(CO)CCCC1. The van der Waals surface area contributed by atoms with E-state index in [1.54, 1.807) is 0 Å². The third-order valence-corrected chi connectivity index (χ3v) is 7.31. The number of amides is 2. The third-order valence-electron chi connectivity index (χ3n) is 7.31.